The van der Waals surface area contributed by atoms with Gasteiger partial charge in [-0.1, -0.05) is 28.9 Å². The van der Waals surface area contributed by atoms with Crippen LogP contribution >= 0.6 is 0 Å². The molecule has 1 aliphatic rings. The lowest BCUT2D eigenvalue weighted by Crippen LogP contribution is -2.31. The average molecular weight is 336 g/mol. The fraction of sp³-hybridized carbons (Fsp3) is 0.316. The molecule has 128 valence electrons. The fourth-order valence-electron chi connectivity index (χ4n) is 3.45. The van der Waals surface area contributed by atoms with E-state index in [1.54, 1.807) is 17.1 Å². The van der Waals surface area contributed by atoms with E-state index in [0.717, 1.165) is 24.8 Å². The molecule has 2 heterocycles. The molecular weight excluding hydrogens is 316 g/mol. The molecule has 3 aromatic rings. The second-order valence-electron chi connectivity index (χ2n) is 6.59. The molecule has 2 aromatic heterocycles. The van der Waals surface area contributed by atoms with Gasteiger partial charge in [-0.3, -0.25) is 9.48 Å². The van der Waals surface area contributed by atoms with Crippen LogP contribution in [0.15, 0.2) is 41.3 Å². The van der Waals surface area contributed by atoms with Crippen molar-refractivity contribution in [1.82, 2.24) is 20.3 Å². The van der Waals surface area contributed by atoms with Gasteiger partial charge in [0.15, 0.2) is 5.76 Å². The lowest BCUT2D eigenvalue weighted by atomic mass is 9.86. The van der Waals surface area contributed by atoms with Crippen LogP contribution in [0, 0.1) is 6.92 Å². The molecule has 1 aliphatic carbocycles. The molecule has 0 unspecified atom stereocenters. The Bertz CT molecular complexity index is 925. The number of hydrogen-bond acceptors (Lipinski definition) is 4. The Morgan fingerprint density at radius 3 is 3.04 bits per heavy atom. The molecule has 0 fully saturated rings. The highest BCUT2D eigenvalue weighted by molar-refractivity contribution is 5.99. The van der Waals surface area contributed by atoms with E-state index in [9.17, 15) is 4.79 Å². The number of rotatable bonds is 3. The first-order valence-corrected chi connectivity index (χ1v) is 8.46. The highest BCUT2D eigenvalue weighted by Gasteiger charge is 2.25. The van der Waals surface area contributed by atoms with Crippen LogP contribution in [0.5, 0.6) is 0 Å². The molecule has 25 heavy (non-hydrogen) atoms. The summed E-state index contributed by atoms with van der Waals surface area (Å²) in [6.07, 6.45) is 8.01. The van der Waals surface area contributed by atoms with Crippen molar-refractivity contribution in [3.05, 3.63) is 59.0 Å². The minimum absolute atomic E-state index is 0.0211. The van der Waals surface area contributed by atoms with Crippen LogP contribution in [-0.2, 0) is 13.5 Å². The van der Waals surface area contributed by atoms with Crippen molar-refractivity contribution in [3.8, 4) is 11.3 Å². The van der Waals surface area contributed by atoms with Crippen molar-refractivity contribution in [3.63, 3.8) is 0 Å². The molecule has 6 heteroatoms. The summed E-state index contributed by atoms with van der Waals surface area (Å²) in [5.41, 5.74) is 4.93. The molecule has 1 atom stereocenters. The summed E-state index contributed by atoms with van der Waals surface area (Å²) in [5, 5.41) is 11.1. The van der Waals surface area contributed by atoms with Gasteiger partial charge in [0.25, 0.3) is 5.91 Å². The first kappa shape index (κ1) is 15.6. The molecule has 4 rings (SSSR count). The van der Waals surface area contributed by atoms with Crippen LogP contribution in [0.3, 0.4) is 0 Å². The van der Waals surface area contributed by atoms with Gasteiger partial charge in [-0.05, 0) is 37.3 Å². The van der Waals surface area contributed by atoms with E-state index in [0.29, 0.717) is 11.3 Å². The zero-order chi connectivity index (χ0) is 17.4. The number of carbonyl (C=O) groups excluding carboxylic acids is 1. The Hall–Kier alpha value is -2.89. The van der Waals surface area contributed by atoms with Crippen LogP contribution in [0.4, 0.5) is 0 Å². The Morgan fingerprint density at radius 1 is 1.36 bits per heavy atom. The molecule has 6 nitrogen and oxygen atoms in total. The normalized spacial score (nSPS) is 16.5. The first-order chi connectivity index (χ1) is 12.1. The van der Waals surface area contributed by atoms with Crippen molar-refractivity contribution >= 4 is 5.91 Å². The molecule has 0 saturated heterocycles. The number of amides is 1. The number of benzene rings is 1. The Balaban J connectivity index is 1.60. The Morgan fingerprint density at radius 2 is 2.24 bits per heavy atom. The zero-order valence-corrected chi connectivity index (χ0v) is 14.3. The topological polar surface area (TPSA) is 73.0 Å². The van der Waals surface area contributed by atoms with Gasteiger partial charge >= 0.3 is 0 Å². The highest BCUT2D eigenvalue weighted by Crippen LogP contribution is 2.31. The van der Waals surface area contributed by atoms with Crippen molar-refractivity contribution in [2.75, 3.05) is 0 Å². The van der Waals surface area contributed by atoms with E-state index in [2.05, 4.69) is 40.7 Å². The smallest absolute Gasteiger partial charge is 0.257 e. The molecule has 0 spiro atoms. The monoisotopic (exact) mass is 336 g/mol. The van der Waals surface area contributed by atoms with Gasteiger partial charge in [0.2, 0.25) is 0 Å². The third kappa shape index (κ3) is 2.95. The highest BCUT2D eigenvalue weighted by atomic mass is 16.5. The van der Waals surface area contributed by atoms with Crippen molar-refractivity contribution in [1.29, 1.82) is 0 Å². The van der Waals surface area contributed by atoms with Crippen molar-refractivity contribution in [2.24, 2.45) is 7.05 Å². The molecule has 1 amide bonds. The molecule has 0 bridgehead atoms. The number of aromatic nitrogens is 3. The molecular formula is C19H20N4O2. The second-order valence-corrected chi connectivity index (χ2v) is 6.59. The summed E-state index contributed by atoms with van der Waals surface area (Å²) >= 11 is 0. The summed E-state index contributed by atoms with van der Waals surface area (Å²) in [6, 6.07) is 6.50. The number of aryl methyl sites for hydroxylation is 3. The molecule has 1 N–H and O–H groups in total. The van der Waals surface area contributed by atoms with Crippen LogP contribution in [0.1, 0.15) is 45.9 Å². The van der Waals surface area contributed by atoms with Gasteiger partial charge in [-0.25, -0.2) is 0 Å². The van der Waals surface area contributed by atoms with Gasteiger partial charge in [-0.2, -0.15) is 5.10 Å². The maximum Gasteiger partial charge on any atom is 0.257 e. The summed E-state index contributed by atoms with van der Waals surface area (Å²) in [7, 11) is 1.82. The molecule has 0 saturated carbocycles. The third-order valence-corrected chi connectivity index (χ3v) is 4.70. The number of nitrogens with one attached hydrogen (secondary N) is 1. The van der Waals surface area contributed by atoms with E-state index in [4.69, 9.17) is 4.52 Å². The quantitative estimate of drug-likeness (QED) is 0.797. The first-order valence-electron chi connectivity index (χ1n) is 8.46. The predicted octanol–water partition coefficient (Wildman–Crippen LogP) is 3.19. The van der Waals surface area contributed by atoms with E-state index in [-0.39, 0.29) is 11.9 Å². The summed E-state index contributed by atoms with van der Waals surface area (Å²) < 4.78 is 6.97. The van der Waals surface area contributed by atoms with E-state index < -0.39 is 0 Å². The summed E-state index contributed by atoms with van der Waals surface area (Å²) in [4.78, 5) is 12.8. The van der Waals surface area contributed by atoms with Crippen molar-refractivity contribution < 1.29 is 9.32 Å². The summed E-state index contributed by atoms with van der Waals surface area (Å²) in [6.45, 7) is 2.08. The lowest BCUT2D eigenvalue weighted by Gasteiger charge is -2.26. The SMILES string of the molecule is Cc1ccc2c(c1)[C@H](NC(=O)c1cnoc1-c1cnn(C)c1)CCC2. The lowest BCUT2D eigenvalue weighted by molar-refractivity contribution is 0.0933. The minimum atomic E-state index is -0.167. The molecule has 1 aromatic carbocycles. The standard InChI is InChI=1S/C19H20N4O2/c1-12-6-7-13-4-3-5-17(15(13)8-12)22-19(24)16-10-21-25-18(16)14-9-20-23(2)11-14/h6-11,17H,3-5H2,1-2H3,(H,22,24)/t17-/m1/s1. The largest absolute Gasteiger partial charge is 0.355 e. The second kappa shape index (κ2) is 6.20. The average Bonchev–Trinajstić information content (AvgIpc) is 3.24. The Kier molecular flexibility index (Phi) is 3.87. The predicted molar refractivity (Wildman–Crippen MR) is 93.0 cm³/mol. The number of nitrogens with zero attached hydrogens (tertiary/aromatic N) is 3. The van der Waals surface area contributed by atoms with Gasteiger partial charge in [0, 0.05) is 13.2 Å². The van der Waals surface area contributed by atoms with E-state index >= 15 is 0 Å². The van der Waals surface area contributed by atoms with E-state index in [1.807, 2.05) is 7.05 Å². The van der Waals surface area contributed by atoms with Crippen LogP contribution in [0.2, 0.25) is 0 Å². The van der Waals surface area contributed by atoms with Crippen molar-refractivity contribution in [2.45, 2.75) is 32.2 Å². The fourth-order valence-corrected chi connectivity index (χ4v) is 3.45. The van der Waals surface area contributed by atoms with Gasteiger partial charge in [0.05, 0.1) is 24.0 Å². The van der Waals surface area contributed by atoms with Gasteiger partial charge < -0.3 is 9.84 Å². The maximum absolute atomic E-state index is 12.8. The minimum Gasteiger partial charge on any atom is -0.355 e. The molecule has 0 radical (unpaired) electrons. The summed E-state index contributed by atoms with van der Waals surface area (Å²) in [5.74, 6) is 0.283. The number of carbonyl (C=O) groups is 1. The number of hydrogen-bond donors (Lipinski definition) is 1. The van der Waals surface area contributed by atoms with Crippen LogP contribution < -0.4 is 5.32 Å². The maximum atomic E-state index is 12.8. The van der Waals surface area contributed by atoms with Gasteiger partial charge in [-0.15, -0.1) is 0 Å². The third-order valence-electron chi connectivity index (χ3n) is 4.70. The van der Waals surface area contributed by atoms with Crippen LogP contribution in [-0.4, -0.2) is 20.8 Å². The van der Waals surface area contributed by atoms with Gasteiger partial charge in [0.1, 0.15) is 5.56 Å². The zero-order valence-electron chi connectivity index (χ0n) is 14.3. The number of fused-ring (bicyclic) bond motifs is 1. The Labute approximate surface area is 145 Å². The van der Waals surface area contributed by atoms with E-state index in [1.165, 1.54) is 22.9 Å². The molecule has 0 aliphatic heterocycles. The van der Waals surface area contributed by atoms with Crippen LogP contribution in [0.25, 0.3) is 11.3 Å².